The highest BCUT2D eigenvalue weighted by Gasteiger charge is 2.50. The molecule has 0 saturated heterocycles. The maximum absolute atomic E-state index is 11.8. The third-order valence-electron chi connectivity index (χ3n) is 1.33. The molecule has 0 aromatic rings. The fraction of sp³-hybridized carbons (Fsp3) is 1.00. The molecule has 0 aliphatic rings. The van der Waals surface area contributed by atoms with Crippen LogP contribution in [0.1, 0.15) is 0 Å². The number of rotatable bonds is 6. The van der Waals surface area contributed by atoms with Gasteiger partial charge in [-0.2, -0.15) is 26.3 Å². The van der Waals surface area contributed by atoms with Crippen molar-refractivity contribution in [3.8, 4) is 0 Å². The second kappa shape index (κ2) is 6.09. The number of halogens is 6. The van der Waals surface area contributed by atoms with Crippen LogP contribution in [0, 0.1) is 0 Å². The molecule has 0 bridgehead atoms. The zero-order valence-corrected chi connectivity index (χ0v) is 11.3. The molecule has 0 unspecified atom stereocenters. The van der Waals surface area contributed by atoms with Gasteiger partial charge in [0, 0.05) is 4.57 Å². The summed E-state index contributed by atoms with van der Waals surface area (Å²) in [5.41, 5.74) is -11.5. The predicted octanol–water partition coefficient (Wildman–Crippen LogP) is 1.46. The van der Waals surface area contributed by atoms with Crippen LogP contribution in [0.2, 0.25) is 0 Å². The van der Waals surface area contributed by atoms with Gasteiger partial charge in [-0.15, -0.1) is 9.05 Å². The van der Waals surface area contributed by atoms with Crippen LogP contribution in [0.4, 0.5) is 26.3 Å². The Morgan fingerprint density at radius 1 is 0.750 bits per heavy atom. The minimum Gasteiger partial charge on any atom is -0.217 e. The van der Waals surface area contributed by atoms with Gasteiger partial charge in [0.25, 0.3) is 19.7 Å². The fourth-order valence-corrected chi connectivity index (χ4v) is 2.54. The van der Waals surface area contributed by atoms with Crippen LogP contribution in [0.15, 0.2) is 0 Å². The largest absolute Gasteiger partial charge is 0.699 e. The Morgan fingerprint density at radius 3 is 1.20 bits per heavy atom. The van der Waals surface area contributed by atoms with Crippen molar-refractivity contribution >= 4 is 27.9 Å². The summed E-state index contributed by atoms with van der Waals surface area (Å²) in [5, 5.41) is 0. The van der Waals surface area contributed by atoms with E-state index in [0.717, 1.165) is 0 Å². The predicted molar refractivity (Wildman–Crippen MR) is 49.5 cm³/mol. The number of sulfone groups is 2. The van der Waals surface area contributed by atoms with Gasteiger partial charge in [-0.1, -0.05) is 0 Å². The smallest absolute Gasteiger partial charge is 0.217 e. The summed E-state index contributed by atoms with van der Waals surface area (Å²) in [7, 11) is -15.5. The molecule has 0 amide bonds. The number of alkyl halides is 6. The van der Waals surface area contributed by atoms with Crippen LogP contribution in [0.5, 0.6) is 0 Å². The molecule has 20 heavy (non-hydrogen) atoms. The Kier molecular flexibility index (Phi) is 5.94. The normalized spacial score (nSPS) is 14.3. The van der Waals surface area contributed by atoms with Gasteiger partial charge in [-0.25, -0.2) is 16.8 Å². The first-order valence-corrected chi connectivity index (χ1v) is 8.31. The van der Waals surface area contributed by atoms with Gasteiger partial charge in [0.15, 0.2) is 0 Å². The average molecular weight is 373 g/mol. The van der Waals surface area contributed by atoms with E-state index >= 15 is 0 Å². The monoisotopic (exact) mass is 373 g/mol. The van der Waals surface area contributed by atoms with Gasteiger partial charge in [-0.3, -0.25) is 0 Å². The van der Waals surface area contributed by atoms with Crippen LogP contribution in [-0.2, 0) is 33.3 Å². The molecule has 0 N–H and O–H groups in total. The summed E-state index contributed by atoms with van der Waals surface area (Å²) in [6.07, 6.45) is 0. The van der Waals surface area contributed by atoms with Crippen molar-refractivity contribution in [3.05, 3.63) is 0 Å². The van der Waals surface area contributed by atoms with Crippen LogP contribution in [-0.4, -0.2) is 39.7 Å². The molecule has 16 heteroatoms. The summed E-state index contributed by atoms with van der Waals surface area (Å²) in [4.78, 5) is 0. The molecule has 0 atom stereocenters. The molecular weight excluding hydrogens is 369 g/mol. The van der Waals surface area contributed by atoms with Crippen LogP contribution in [0.25, 0.3) is 0 Å². The van der Waals surface area contributed by atoms with E-state index in [2.05, 4.69) is 9.05 Å². The van der Waals surface area contributed by atoms with Gasteiger partial charge in [-0.05, 0) is 0 Å². The quantitative estimate of drug-likeness (QED) is 0.513. The first kappa shape index (κ1) is 19.5. The molecule has 0 radical (unpaired) electrons. The standard InChI is InChI=1S/C4H4F6O7PS2/c5-3(6,7)19(12,13)1-16-18(11)17-2-20(14,15)4(8,9)10/h1-2H2/q+1. The minimum absolute atomic E-state index is 2.20. The molecule has 0 heterocycles. The third-order valence-corrected chi connectivity index (χ3v) is 4.63. The van der Waals surface area contributed by atoms with Crippen molar-refractivity contribution in [2.24, 2.45) is 0 Å². The molecule has 0 aliphatic carbocycles. The summed E-state index contributed by atoms with van der Waals surface area (Å²) in [5.74, 6) is -4.39. The van der Waals surface area contributed by atoms with Crippen LogP contribution in [0.3, 0.4) is 0 Å². The lowest BCUT2D eigenvalue weighted by atomic mass is 11.5. The van der Waals surface area contributed by atoms with E-state index in [1.165, 1.54) is 0 Å². The number of hydrogen-bond donors (Lipinski definition) is 0. The van der Waals surface area contributed by atoms with Gasteiger partial charge in [0.1, 0.15) is 0 Å². The zero-order valence-electron chi connectivity index (χ0n) is 8.80. The first-order chi connectivity index (χ1) is 8.60. The average Bonchev–Trinajstić information content (AvgIpc) is 2.20. The molecule has 0 aliphatic heterocycles. The lowest BCUT2D eigenvalue weighted by Gasteiger charge is -2.04. The second-order valence-corrected chi connectivity index (χ2v) is 7.66. The van der Waals surface area contributed by atoms with Crippen molar-refractivity contribution in [1.82, 2.24) is 0 Å². The molecule has 0 aromatic heterocycles. The summed E-state index contributed by atoms with van der Waals surface area (Å²) in [6.45, 7) is 0. The van der Waals surface area contributed by atoms with Crippen molar-refractivity contribution in [3.63, 3.8) is 0 Å². The molecule has 0 spiro atoms. The topological polar surface area (TPSA) is 104 Å². The van der Waals surface area contributed by atoms with Gasteiger partial charge in [0.05, 0.1) is 0 Å². The molecular formula is C4H4F6O7PS2+. The van der Waals surface area contributed by atoms with Crippen LogP contribution < -0.4 is 0 Å². The fourth-order valence-electron chi connectivity index (χ4n) is 0.396. The van der Waals surface area contributed by atoms with Gasteiger partial charge >= 0.3 is 19.3 Å². The number of hydrogen-bond acceptors (Lipinski definition) is 7. The van der Waals surface area contributed by atoms with E-state index in [9.17, 15) is 47.7 Å². The minimum atomic E-state index is -5.83. The summed E-state index contributed by atoms with van der Waals surface area (Å²) >= 11 is 0. The van der Waals surface area contributed by atoms with E-state index in [4.69, 9.17) is 0 Å². The Labute approximate surface area is 108 Å². The Balaban J connectivity index is 4.50. The highest BCUT2D eigenvalue weighted by atomic mass is 32.2. The zero-order chi connectivity index (χ0) is 16.4. The molecule has 0 saturated carbocycles. The van der Waals surface area contributed by atoms with Crippen LogP contribution >= 0.6 is 8.25 Å². The molecule has 0 fully saturated rings. The van der Waals surface area contributed by atoms with Crippen molar-refractivity contribution in [1.29, 1.82) is 0 Å². The van der Waals surface area contributed by atoms with Crippen molar-refractivity contribution < 1.29 is 56.8 Å². The molecule has 0 rings (SSSR count). The van der Waals surface area contributed by atoms with E-state index < -0.39 is 50.8 Å². The summed E-state index contributed by atoms with van der Waals surface area (Å²) in [6, 6.07) is 0. The highest BCUT2D eigenvalue weighted by molar-refractivity contribution is 7.92. The lowest BCUT2D eigenvalue weighted by molar-refractivity contribution is -0.0450. The summed E-state index contributed by atoms with van der Waals surface area (Å²) < 4.78 is 130. The first-order valence-electron chi connectivity index (χ1n) is 3.91. The van der Waals surface area contributed by atoms with E-state index in [-0.39, 0.29) is 0 Å². The van der Waals surface area contributed by atoms with E-state index in [1.807, 2.05) is 0 Å². The lowest BCUT2D eigenvalue weighted by Crippen LogP contribution is -2.27. The van der Waals surface area contributed by atoms with E-state index in [0.29, 0.717) is 0 Å². The Morgan fingerprint density at radius 2 is 1.00 bits per heavy atom. The Hall–Kier alpha value is -0.500. The molecule has 120 valence electrons. The molecule has 7 nitrogen and oxygen atoms in total. The highest BCUT2D eigenvalue weighted by Crippen LogP contribution is 2.32. The molecule has 0 aromatic carbocycles. The second-order valence-electron chi connectivity index (χ2n) is 2.84. The van der Waals surface area contributed by atoms with Crippen molar-refractivity contribution in [2.45, 2.75) is 11.0 Å². The van der Waals surface area contributed by atoms with Gasteiger partial charge < -0.3 is 0 Å². The Bertz CT molecular complexity index is 509. The van der Waals surface area contributed by atoms with E-state index in [1.54, 1.807) is 0 Å². The maximum Gasteiger partial charge on any atom is 0.699 e. The van der Waals surface area contributed by atoms with Gasteiger partial charge in [0.2, 0.25) is 11.9 Å². The third kappa shape index (κ3) is 5.47. The maximum atomic E-state index is 11.8. The SMILES string of the molecule is O=[P+](OCS(=O)(=O)C(F)(F)F)OCS(=O)(=O)C(F)(F)F. The van der Waals surface area contributed by atoms with Crippen molar-refractivity contribution in [2.75, 3.05) is 11.9 Å².